The van der Waals surface area contributed by atoms with Crippen LogP contribution in [0.1, 0.15) is 53.4 Å². The van der Waals surface area contributed by atoms with Gasteiger partial charge in [-0.2, -0.15) is 0 Å². The molecule has 200 valence electrons. The first-order valence-corrected chi connectivity index (χ1v) is 10.7. The molecule has 0 aliphatic heterocycles. The number of ketones is 8. The zero-order valence-corrected chi connectivity index (χ0v) is 24.7. The summed E-state index contributed by atoms with van der Waals surface area (Å²) in [5, 5.41) is -3.87. The molecule has 0 fully saturated rings. The van der Waals surface area contributed by atoms with E-state index < -0.39 is 43.6 Å². The van der Waals surface area contributed by atoms with Crippen molar-refractivity contribution in [1.29, 1.82) is 0 Å². The predicted molar refractivity (Wildman–Crippen MR) is 131 cm³/mol. The Morgan fingerprint density at radius 2 is 0.459 bits per heavy atom. The fraction of sp³-hybridized carbons (Fsp3) is 0.400. The van der Waals surface area contributed by atoms with Crippen LogP contribution in [0, 0.1) is 0 Å². The maximum atomic E-state index is 10.3. The van der Waals surface area contributed by atoms with Crippen LogP contribution >= 0.6 is 0 Å². The van der Waals surface area contributed by atoms with E-state index in [0.29, 0.717) is 0 Å². The molecule has 0 aromatic carbocycles. The number of rotatable bonds is 12. The summed E-state index contributed by atoms with van der Waals surface area (Å²) in [6, 6.07) is 0. The molecule has 37 heavy (non-hydrogen) atoms. The van der Waals surface area contributed by atoms with Gasteiger partial charge in [-0.05, 0) is 27.7 Å². The first kappa shape index (κ1) is 44.6. The van der Waals surface area contributed by atoms with E-state index in [2.05, 4.69) is 50.5 Å². The minimum atomic E-state index is -0.967. The van der Waals surface area contributed by atoms with E-state index in [1.807, 2.05) is 0 Å². The minimum absolute atomic E-state index is 0. The van der Waals surface area contributed by atoms with Crippen molar-refractivity contribution in [3.8, 4) is 0 Å². The molecule has 0 rings (SSSR count). The molecule has 0 aliphatic rings. The van der Waals surface area contributed by atoms with Crippen molar-refractivity contribution in [3.05, 3.63) is 0 Å². The van der Waals surface area contributed by atoms with Gasteiger partial charge in [-0.15, -0.1) is 0 Å². The summed E-state index contributed by atoms with van der Waals surface area (Å²) < 4.78 is 0. The zero-order chi connectivity index (χ0) is 29.8. The molecular formula is C20H20O12S4Ti. The van der Waals surface area contributed by atoms with Crippen LogP contribution in [0.4, 0.5) is 0 Å². The molecule has 17 heteroatoms. The second-order valence-electron chi connectivity index (χ2n) is 6.36. The second-order valence-corrected chi connectivity index (χ2v) is 7.84. The average Bonchev–Trinajstić information content (AvgIpc) is 2.67. The molecule has 0 radical (unpaired) electrons. The van der Waals surface area contributed by atoms with Crippen LogP contribution < -0.4 is 0 Å². The van der Waals surface area contributed by atoms with Gasteiger partial charge in [-0.3, -0.25) is 38.4 Å². The van der Waals surface area contributed by atoms with E-state index in [1.54, 1.807) is 0 Å². The fourth-order valence-electron chi connectivity index (χ4n) is 1.19. The summed E-state index contributed by atoms with van der Waals surface area (Å²) in [4.78, 5) is 122. The maximum absolute atomic E-state index is 10.3. The summed E-state index contributed by atoms with van der Waals surface area (Å²) in [6.45, 7) is 4.93. The zero-order valence-electron chi connectivity index (χ0n) is 19.9. The Morgan fingerprint density at radius 3 is 0.486 bits per heavy atom. The summed E-state index contributed by atoms with van der Waals surface area (Å²) in [5.74, 6) is -4.52. The largest absolute Gasteiger partial charge is 4.00 e. The van der Waals surface area contributed by atoms with Gasteiger partial charge in [-0.25, -0.2) is 0 Å². The van der Waals surface area contributed by atoms with E-state index in [1.165, 1.54) is 27.7 Å². The van der Waals surface area contributed by atoms with Crippen molar-refractivity contribution in [2.24, 2.45) is 0 Å². The van der Waals surface area contributed by atoms with E-state index in [4.69, 9.17) is 0 Å². The van der Waals surface area contributed by atoms with Crippen molar-refractivity contribution < 1.29 is 79.3 Å². The molecule has 0 atom stereocenters. The van der Waals surface area contributed by atoms with E-state index in [0.717, 1.165) is 0 Å². The normalized spacial score (nSPS) is 8.32. The molecule has 0 heterocycles. The fourth-order valence-corrected chi connectivity index (χ4v) is 1.48. The molecule has 0 N–H and O–H groups in total. The van der Waals surface area contributed by atoms with Crippen LogP contribution in [0.2, 0.25) is 0 Å². The maximum Gasteiger partial charge on any atom is 4.00 e. The molecule has 0 spiro atoms. The average molecular weight is 629 g/mol. The first-order chi connectivity index (χ1) is 16.1. The standard InChI is InChI=1S/4C5H6O3S.Ti/c4*1-3(6)2-4(7)5(8)9;/h4*2H2,1H3,(H,8,9);/q;;;;+4/p-4. The first-order valence-electron chi connectivity index (χ1n) is 9.09. The van der Waals surface area contributed by atoms with Crippen LogP contribution in [-0.4, -0.2) is 66.7 Å². The molecular weight excluding hydrogens is 608 g/mol. The Labute approximate surface area is 248 Å². The van der Waals surface area contributed by atoms with Crippen molar-refractivity contribution >= 4 is 117 Å². The Morgan fingerprint density at radius 1 is 0.351 bits per heavy atom. The molecule has 0 saturated carbocycles. The number of hydrogen-bond acceptors (Lipinski definition) is 16. The monoisotopic (exact) mass is 628 g/mol. The Balaban J connectivity index is -0.000000122. The molecule has 0 aromatic heterocycles. The molecule has 12 nitrogen and oxygen atoms in total. The number of Topliss-reactive ketones (excluding diaryl/α,β-unsaturated/α-hetero) is 8. The summed E-state index contributed by atoms with van der Waals surface area (Å²) in [5.41, 5.74) is 0. The summed E-state index contributed by atoms with van der Waals surface area (Å²) >= 11 is 15.9. The van der Waals surface area contributed by atoms with Gasteiger partial charge in [0.25, 0.3) is 0 Å². The van der Waals surface area contributed by atoms with Crippen molar-refractivity contribution in [2.75, 3.05) is 0 Å². The topological polar surface area (TPSA) is 205 Å². The summed E-state index contributed by atoms with van der Waals surface area (Å²) in [6.07, 6.45) is -1.44. The van der Waals surface area contributed by atoms with Gasteiger partial charge in [0, 0.05) is 0 Å². The van der Waals surface area contributed by atoms with Crippen molar-refractivity contribution in [1.82, 2.24) is 0 Å². The second kappa shape index (κ2) is 25.3. The van der Waals surface area contributed by atoms with Gasteiger partial charge < -0.3 is 69.7 Å². The number of hydrogen-bond donors (Lipinski definition) is 0. The van der Waals surface area contributed by atoms with Gasteiger partial charge in [0.2, 0.25) is 0 Å². The predicted octanol–water partition coefficient (Wildman–Crippen LogP) is -1.57. The van der Waals surface area contributed by atoms with Crippen LogP contribution in [-0.2, 0) is 130 Å². The molecule has 0 aromatic rings. The quantitative estimate of drug-likeness (QED) is 0.104. The number of carbonyl (C=O) groups is 12. The van der Waals surface area contributed by atoms with Gasteiger partial charge in [0.05, 0.1) is 46.1 Å². The van der Waals surface area contributed by atoms with Gasteiger partial charge in [0.15, 0.2) is 23.1 Å². The van der Waals surface area contributed by atoms with Gasteiger partial charge in [-0.1, -0.05) is 0 Å². The molecule has 0 amide bonds. The van der Waals surface area contributed by atoms with E-state index >= 15 is 0 Å². The van der Waals surface area contributed by atoms with Crippen LogP contribution in [0.15, 0.2) is 0 Å². The van der Waals surface area contributed by atoms with Crippen molar-refractivity contribution in [2.45, 2.75) is 53.4 Å². The third kappa shape index (κ3) is 38.3. The van der Waals surface area contributed by atoms with Gasteiger partial charge >= 0.3 is 21.7 Å². The third-order valence-electron chi connectivity index (χ3n) is 2.55. The molecule has 0 unspecified atom stereocenters. The molecule has 0 aliphatic carbocycles. The van der Waals surface area contributed by atoms with Crippen LogP contribution in [0.5, 0.6) is 0 Å². The SMILES string of the molecule is CC(=O)CC(=O)C(=O)[S-].CC(=O)CC(=O)C(=O)[S-].CC(=O)CC(=O)C(=O)[S-].CC(=O)CC(=O)C(=O)[S-].[Ti+4]. The third-order valence-corrected chi connectivity index (χ3v) is 3.46. The van der Waals surface area contributed by atoms with E-state index in [-0.39, 0.29) is 70.5 Å². The van der Waals surface area contributed by atoms with Crippen molar-refractivity contribution in [3.63, 3.8) is 0 Å². The van der Waals surface area contributed by atoms with E-state index in [9.17, 15) is 57.5 Å². The van der Waals surface area contributed by atoms with Crippen LogP contribution in [0.3, 0.4) is 0 Å². The molecule has 0 saturated heterocycles. The summed E-state index contributed by atoms with van der Waals surface area (Å²) in [7, 11) is 0. The number of carbonyl (C=O) groups excluding carboxylic acids is 12. The van der Waals surface area contributed by atoms with Crippen LogP contribution in [0.25, 0.3) is 0 Å². The smallest absolute Gasteiger partial charge is 0.734 e. The minimum Gasteiger partial charge on any atom is -0.734 e. The molecule has 0 bridgehead atoms. The Kier molecular flexibility index (Phi) is 30.5. The Hall–Kier alpha value is -2.37. The van der Waals surface area contributed by atoms with Gasteiger partial charge in [0.1, 0.15) is 23.1 Å². The Bertz CT molecular complexity index is 805.